The van der Waals surface area contributed by atoms with Crippen LogP contribution < -0.4 is 0 Å². The minimum absolute atomic E-state index is 0.338. The molecule has 0 fully saturated rings. The van der Waals surface area contributed by atoms with E-state index in [0.717, 1.165) is 16.5 Å². The van der Waals surface area contributed by atoms with Crippen LogP contribution in [0.5, 0.6) is 0 Å². The lowest BCUT2D eigenvalue weighted by Crippen LogP contribution is -2.15. The number of benzene rings is 2. The first-order chi connectivity index (χ1) is 10.6. The minimum Gasteiger partial charge on any atom is -0.350 e. The molecule has 1 aromatic heterocycles. The predicted octanol–water partition coefficient (Wildman–Crippen LogP) is 3.73. The zero-order valence-corrected chi connectivity index (χ0v) is 12.1. The molecular weight excluding hydrogens is 283 g/mol. The van der Waals surface area contributed by atoms with Crippen LogP contribution in [0, 0.1) is 15.9 Å². The summed E-state index contributed by atoms with van der Waals surface area (Å²) in [6.07, 6.45) is 1.85. The van der Waals surface area contributed by atoms with E-state index in [1.807, 2.05) is 42.1 Å². The standard InChI is InChI=1S/C17H15FN2O2/c1-19-10-14(13-7-3-5-9-17(13)19)15(11-20(21)22)12-6-2-4-8-16(12)18/h2-10,15H,11H2,1H3. The maximum absolute atomic E-state index is 14.2. The maximum Gasteiger partial charge on any atom is 0.214 e. The van der Waals surface area contributed by atoms with Gasteiger partial charge in [-0.15, -0.1) is 0 Å². The van der Waals surface area contributed by atoms with E-state index in [1.165, 1.54) is 6.07 Å². The van der Waals surface area contributed by atoms with Crippen LogP contribution in [-0.4, -0.2) is 16.0 Å². The molecule has 3 aromatic rings. The summed E-state index contributed by atoms with van der Waals surface area (Å²) in [5.41, 5.74) is 2.11. The van der Waals surface area contributed by atoms with Gasteiger partial charge in [-0.25, -0.2) is 4.39 Å². The van der Waals surface area contributed by atoms with Gasteiger partial charge in [0.1, 0.15) is 5.82 Å². The summed E-state index contributed by atoms with van der Waals surface area (Å²) in [7, 11) is 1.89. The molecule has 0 saturated heterocycles. The summed E-state index contributed by atoms with van der Waals surface area (Å²) in [6, 6.07) is 13.9. The van der Waals surface area contributed by atoms with E-state index in [9.17, 15) is 14.5 Å². The average molecular weight is 298 g/mol. The largest absolute Gasteiger partial charge is 0.350 e. The number of hydrogen-bond donors (Lipinski definition) is 0. The minimum atomic E-state index is -0.609. The van der Waals surface area contributed by atoms with Gasteiger partial charge in [-0.1, -0.05) is 36.4 Å². The molecule has 0 radical (unpaired) electrons. The summed E-state index contributed by atoms with van der Waals surface area (Å²) in [6.45, 7) is -0.338. The third kappa shape index (κ3) is 2.45. The van der Waals surface area contributed by atoms with Gasteiger partial charge in [-0.05, 0) is 17.7 Å². The van der Waals surface area contributed by atoms with Crippen LogP contribution in [0.4, 0.5) is 4.39 Å². The van der Waals surface area contributed by atoms with E-state index in [1.54, 1.807) is 18.2 Å². The van der Waals surface area contributed by atoms with Gasteiger partial charge < -0.3 is 4.57 Å². The average Bonchev–Trinajstić information content (AvgIpc) is 2.83. The number of fused-ring (bicyclic) bond motifs is 1. The Hall–Kier alpha value is -2.69. The first-order valence-electron chi connectivity index (χ1n) is 6.98. The SMILES string of the molecule is Cn1cc(C(C[N+](=O)[O-])c2ccccc2F)c2ccccc21. The molecule has 0 N–H and O–H groups in total. The van der Waals surface area contributed by atoms with Crippen molar-refractivity contribution in [2.24, 2.45) is 7.05 Å². The summed E-state index contributed by atoms with van der Waals surface area (Å²) in [5.74, 6) is -1.02. The Morgan fingerprint density at radius 2 is 1.82 bits per heavy atom. The Labute approximate surface area is 127 Å². The smallest absolute Gasteiger partial charge is 0.214 e. The Kier molecular flexibility index (Phi) is 3.63. The second-order valence-corrected chi connectivity index (χ2v) is 5.30. The molecule has 2 aromatic carbocycles. The van der Waals surface area contributed by atoms with E-state index in [4.69, 9.17) is 0 Å². The highest BCUT2D eigenvalue weighted by molar-refractivity contribution is 5.85. The highest BCUT2D eigenvalue weighted by atomic mass is 19.1. The van der Waals surface area contributed by atoms with E-state index >= 15 is 0 Å². The van der Waals surface area contributed by atoms with Gasteiger partial charge >= 0.3 is 0 Å². The van der Waals surface area contributed by atoms with E-state index < -0.39 is 16.7 Å². The lowest BCUT2D eigenvalue weighted by Gasteiger charge is -2.13. The van der Waals surface area contributed by atoms with Crippen molar-refractivity contribution in [1.82, 2.24) is 4.57 Å². The Bertz CT molecular complexity index is 842. The van der Waals surface area contributed by atoms with Gasteiger partial charge in [-0.3, -0.25) is 10.1 Å². The lowest BCUT2D eigenvalue weighted by atomic mass is 9.90. The summed E-state index contributed by atoms with van der Waals surface area (Å²) in [5, 5.41) is 12.0. The molecule has 0 spiro atoms. The zero-order valence-electron chi connectivity index (χ0n) is 12.1. The summed E-state index contributed by atoms with van der Waals surface area (Å²) < 4.78 is 16.1. The molecule has 1 unspecified atom stereocenters. The molecule has 0 bridgehead atoms. The van der Waals surface area contributed by atoms with Crippen molar-refractivity contribution in [2.45, 2.75) is 5.92 Å². The van der Waals surface area contributed by atoms with Crippen LogP contribution in [-0.2, 0) is 7.05 Å². The van der Waals surface area contributed by atoms with Crippen molar-refractivity contribution in [2.75, 3.05) is 6.54 Å². The van der Waals surface area contributed by atoms with Gasteiger partial charge in [0, 0.05) is 34.6 Å². The second kappa shape index (κ2) is 5.60. The molecule has 0 aliphatic rings. The Balaban J connectivity index is 2.21. The number of nitrogens with zero attached hydrogens (tertiary/aromatic N) is 2. The Morgan fingerprint density at radius 1 is 1.14 bits per heavy atom. The van der Waals surface area contributed by atoms with Gasteiger partial charge in [0.2, 0.25) is 6.54 Å². The van der Waals surface area contributed by atoms with Crippen LogP contribution in [0.1, 0.15) is 17.0 Å². The number of aryl methyl sites for hydroxylation is 1. The van der Waals surface area contributed by atoms with Crippen molar-refractivity contribution in [3.05, 3.63) is 81.8 Å². The molecule has 0 amide bonds. The van der Waals surface area contributed by atoms with Gasteiger partial charge in [0.15, 0.2) is 0 Å². The van der Waals surface area contributed by atoms with Crippen molar-refractivity contribution in [3.8, 4) is 0 Å². The predicted molar refractivity (Wildman–Crippen MR) is 83.0 cm³/mol. The number of para-hydroxylation sites is 1. The molecule has 112 valence electrons. The number of halogens is 1. The van der Waals surface area contributed by atoms with Crippen molar-refractivity contribution < 1.29 is 9.31 Å². The molecular formula is C17H15FN2O2. The van der Waals surface area contributed by atoms with Crippen LogP contribution in [0.2, 0.25) is 0 Å². The fourth-order valence-corrected chi connectivity index (χ4v) is 2.92. The van der Waals surface area contributed by atoms with Crippen LogP contribution in [0.3, 0.4) is 0 Å². The number of nitro groups is 1. The molecule has 4 nitrogen and oxygen atoms in total. The summed E-state index contributed by atoms with van der Waals surface area (Å²) in [4.78, 5) is 10.7. The highest BCUT2D eigenvalue weighted by Gasteiger charge is 2.26. The zero-order chi connectivity index (χ0) is 15.7. The molecule has 5 heteroatoms. The van der Waals surface area contributed by atoms with E-state index in [0.29, 0.717) is 5.56 Å². The van der Waals surface area contributed by atoms with E-state index in [-0.39, 0.29) is 6.54 Å². The normalized spacial score (nSPS) is 12.5. The van der Waals surface area contributed by atoms with Gasteiger partial charge in [0.25, 0.3) is 0 Å². The third-order valence-corrected chi connectivity index (χ3v) is 3.92. The van der Waals surface area contributed by atoms with Gasteiger partial charge in [-0.2, -0.15) is 0 Å². The quantitative estimate of drug-likeness (QED) is 0.544. The topological polar surface area (TPSA) is 48.1 Å². The monoisotopic (exact) mass is 298 g/mol. The summed E-state index contributed by atoms with van der Waals surface area (Å²) >= 11 is 0. The van der Waals surface area contributed by atoms with Crippen LogP contribution in [0.15, 0.2) is 54.7 Å². The third-order valence-electron chi connectivity index (χ3n) is 3.92. The molecule has 22 heavy (non-hydrogen) atoms. The molecule has 0 aliphatic carbocycles. The highest BCUT2D eigenvalue weighted by Crippen LogP contribution is 2.33. The van der Waals surface area contributed by atoms with Crippen molar-refractivity contribution in [1.29, 1.82) is 0 Å². The first-order valence-corrected chi connectivity index (χ1v) is 6.98. The van der Waals surface area contributed by atoms with Crippen molar-refractivity contribution in [3.63, 3.8) is 0 Å². The van der Waals surface area contributed by atoms with E-state index in [2.05, 4.69) is 0 Å². The van der Waals surface area contributed by atoms with Crippen LogP contribution in [0.25, 0.3) is 10.9 Å². The molecule has 3 rings (SSSR count). The number of hydrogen-bond acceptors (Lipinski definition) is 2. The molecule has 0 aliphatic heterocycles. The lowest BCUT2D eigenvalue weighted by molar-refractivity contribution is -0.481. The molecule has 1 heterocycles. The second-order valence-electron chi connectivity index (χ2n) is 5.30. The fourth-order valence-electron chi connectivity index (χ4n) is 2.92. The first kappa shape index (κ1) is 14.3. The van der Waals surface area contributed by atoms with Crippen molar-refractivity contribution >= 4 is 10.9 Å². The number of aromatic nitrogens is 1. The molecule has 1 atom stereocenters. The van der Waals surface area contributed by atoms with Crippen LogP contribution >= 0.6 is 0 Å². The van der Waals surface area contributed by atoms with Gasteiger partial charge in [0.05, 0.1) is 5.92 Å². The number of rotatable bonds is 4. The fraction of sp³-hybridized carbons (Fsp3) is 0.176. The molecule has 0 saturated carbocycles. The Morgan fingerprint density at radius 3 is 2.55 bits per heavy atom. The maximum atomic E-state index is 14.2.